The number of rotatable bonds is 8. The van der Waals surface area contributed by atoms with E-state index in [1.54, 1.807) is 31.2 Å². The van der Waals surface area contributed by atoms with E-state index in [1.165, 1.54) is 4.57 Å². The molecule has 0 unspecified atom stereocenters. The molecule has 0 bridgehead atoms. The fourth-order valence-electron chi connectivity index (χ4n) is 2.88. The molecular formula is C22H22F2N2O4S. The lowest BCUT2D eigenvalue weighted by Gasteiger charge is -2.06. The molecule has 0 aliphatic carbocycles. The van der Waals surface area contributed by atoms with Gasteiger partial charge in [0.25, 0.3) is 5.91 Å². The Morgan fingerprint density at radius 1 is 1.13 bits per heavy atom. The molecule has 0 fully saturated rings. The topological polar surface area (TPSA) is 69.9 Å². The number of unbranched alkanes of at least 4 members (excludes halogenated alkanes) is 1. The Labute approximate surface area is 181 Å². The first-order valence-corrected chi connectivity index (χ1v) is 10.7. The van der Waals surface area contributed by atoms with Gasteiger partial charge in [-0.15, -0.1) is 0 Å². The first kappa shape index (κ1) is 22.6. The van der Waals surface area contributed by atoms with Crippen LogP contribution in [0.2, 0.25) is 0 Å². The number of halogens is 2. The van der Waals surface area contributed by atoms with Crippen LogP contribution >= 0.6 is 11.3 Å². The summed E-state index contributed by atoms with van der Waals surface area (Å²) >= 11 is 0.915. The van der Waals surface area contributed by atoms with Crippen molar-refractivity contribution in [1.82, 2.24) is 4.57 Å². The highest BCUT2D eigenvalue weighted by atomic mass is 32.1. The molecule has 0 aliphatic heterocycles. The number of amides is 1. The van der Waals surface area contributed by atoms with Crippen molar-refractivity contribution in [3.05, 3.63) is 58.4 Å². The van der Waals surface area contributed by atoms with E-state index in [9.17, 15) is 18.4 Å². The number of benzene rings is 2. The van der Waals surface area contributed by atoms with Gasteiger partial charge in [-0.2, -0.15) is 4.99 Å². The molecule has 6 nitrogen and oxygen atoms in total. The van der Waals surface area contributed by atoms with Crippen LogP contribution in [0.25, 0.3) is 10.2 Å². The number of aromatic nitrogens is 1. The Hall–Kier alpha value is -3.07. The van der Waals surface area contributed by atoms with Gasteiger partial charge in [0.1, 0.15) is 18.1 Å². The summed E-state index contributed by atoms with van der Waals surface area (Å²) in [4.78, 5) is 28.8. The van der Waals surface area contributed by atoms with Crippen LogP contribution in [-0.2, 0) is 16.1 Å². The van der Waals surface area contributed by atoms with Gasteiger partial charge in [-0.1, -0.05) is 24.7 Å². The molecule has 0 atom stereocenters. The van der Waals surface area contributed by atoms with Gasteiger partial charge in [-0.05, 0) is 43.7 Å². The van der Waals surface area contributed by atoms with Crippen molar-refractivity contribution in [3.63, 3.8) is 0 Å². The van der Waals surface area contributed by atoms with Crippen LogP contribution < -0.4 is 9.54 Å². The summed E-state index contributed by atoms with van der Waals surface area (Å²) in [5, 5.41) is 0. The highest BCUT2D eigenvalue weighted by Gasteiger charge is 2.17. The molecule has 0 aliphatic rings. The van der Waals surface area contributed by atoms with E-state index in [0.29, 0.717) is 17.9 Å². The van der Waals surface area contributed by atoms with Gasteiger partial charge in [0, 0.05) is 11.6 Å². The van der Waals surface area contributed by atoms with E-state index in [-0.39, 0.29) is 28.2 Å². The van der Waals surface area contributed by atoms with E-state index < -0.39 is 23.5 Å². The number of carbonyl (C=O) groups is 2. The number of esters is 1. The number of nitrogens with zero attached hydrogens (tertiary/aromatic N) is 2. The smallest absolute Gasteiger partial charge is 0.326 e. The number of thiazole rings is 1. The van der Waals surface area contributed by atoms with Gasteiger partial charge in [-0.25, -0.2) is 8.78 Å². The Kier molecular flexibility index (Phi) is 7.51. The van der Waals surface area contributed by atoms with Gasteiger partial charge >= 0.3 is 5.97 Å². The highest BCUT2D eigenvalue weighted by Crippen LogP contribution is 2.22. The Morgan fingerprint density at radius 2 is 1.87 bits per heavy atom. The number of fused-ring (bicyclic) bond motifs is 1. The SMILES string of the molecule is CCCCOc1ccc(C(=O)N=c2sc3cc(F)cc(F)c3n2CC(=O)OCC)cc1. The summed E-state index contributed by atoms with van der Waals surface area (Å²) in [6.07, 6.45) is 1.94. The number of hydrogen-bond acceptors (Lipinski definition) is 5. The normalized spacial score (nSPS) is 11.7. The maximum Gasteiger partial charge on any atom is 0.326 e. The van der Waals surface area contributed by atoms with Crippen molar-refractivity contribution in [2.24, 2.45) is 4.99 Å². The fourth-order valence-corrected chi connectivity index (χ4v) is 3.94. The van der Waals surface area contributed by atoms with Crippen LogP contribution in [0, 0.1) is 11.6 Å². The Bertz CT molecular complexity index is 1150. The van der Waals surface area contributed by atoms with Crippen LogP contribution in [0.3, 0.4) is 0 Å². The molecule has 0 N–H and O–H groups in total. The van der Waals surface area contributed by atoms with Crippen LogP contribution in [0.5, 0.6) is 5.75 Å². The predicted molar refractivity (Wildman–Crippen MR) is 113 cm³/mol. The second-order valence-corrected chi connectivity index (χ2v) is 7.66. The quantitative estimate of drug-likeness (QED) is 0.377. The minimum absolute atomic E-state index is 0.00863. The number of hydrogen-bond donors (Lipinski definition) is 0. The van der Waals surface area contributed by atoms with Crippen molar-refractivity contribution in [1.29, 1.82) is 0 Å². The zero-order valence-electron chi connectivity index (χ0n) is 17.2. The average molecular weight is 448 g/mol. The second kappa shape index (κ2) is 10.3. The molecule has 0 saturated carbocycles. The first-order chi connectivity index (χ1) is 14.9. The lowest BCUT2D eigenvalue weighted by atomic mass is 10.2. The van der Waals surface area contributed by atoms with E-state index in [4.69, 9.17) is 9.47 Å². The van der Waals surface area contributed by atoms with Crippen LogP contribution in [0.15, 0.2) is 41.4 Å². The molecule has 0 saturated heterocycles. The van der Waals surface area contributed by atoms with Crippen molar-refractivity contribution < 1.29 is 27.8 Å². The molecule has 3 rings (SSSR count). The molecule has 9 heteroatoms. The summed E-state index contributed by atoms with van der Waals surface area (Å²) in [5.74, 6) is -2.16. The third kappa shape index (κ3) is 5.55. The van der Waals surface area contributed by atoms with Crippen LogP contribution in [-0.4, -0.2) is 29.7 Å². The molecule has 164 valence electrons. The molecule has 1 aromatic heterocycles. The largest absolute Gasteiger partial charge is 0.494 e. The molecule has 1 heterocycles. The van der Waals surface area contributed by atoms with Gasteiger partial charge in [0.15, 0.2) is 10.6 Å². The molecule has 0 spiro atoms. The molecule has 3 aromatic rings. The lowest BCUT2D eigenvalue weighted by molar-refractivity contribution is -0.143. The maximum absolute atomic E-state index is 14.4. The zero-order chi connectivity index (χ0) is 22.4. The second-order valence-electron chi connectivity index (χ2n) is 6.65. The molecule has 2 aromatic carbocycles. The first-order valence-electron chi connectivity index (χ1n) is 9.88. The van der Waals surface area contributed by atoms with E-state index in [1.807, 2.05) is 0 Å². The Morgan fingerprint density at radius 3 is 2.55 bits per heavy atom. The highest BCUT2D eigenvalue weighted by molar-refractivity contribution is 7.16. The van der Waals surface area contributed by atoms with Crippen molar-refractivity contribution >= 4 is 33.4 Å². The third-order valence-corrected chi connectivity index (χ3v) is 5.38. The summed E-state index contributed by atoms with van der Waals surface area (Å²) in [6.45, 7) is 4.10. The van der Waals surface area contributed by atoms with Crippen LogP contribution in [0.4, 0.5) is 8.78 Å². The summed E-state index contributed by atoms with van der Waals surface area (Å²) in [7, 11) is 0. The van der Waals surface area contributed by atoms with Crippen molar-refractivity contribution in [2.75, 3.05) is 13.2 Å². The summed E-state index contributed by atoms with van der Waals surface area (Å²) < 4.78 is 40.1. The van der Waals surface area contributed by atoms with E-state index in [2.05, 4.69) is 11.9 Å². The van der Waals surface area contributed by atoms with Gasteiger partial charge in [0.2, 0.25) is 0 Å². The zero-order valence-corrected chi connectivity index (χ0v) is 18.0. The molecular weight excluding hydrogens is 426 g/mol. The van der Waals surface area contributed by atoms with Crippen LogP contribution in [0.1, 0.15) is 37.0 Å². The third-order valence-electron chi connectivity index (χ3n) is 4.35. The van der Waals surface area contributed by atoms with Gasteiger partial charge in [-0.3, -0.25) is 9.59 Å². The Balaban J connectivity index is 1.97. The van der Waals surface area contributed by atoms with E-state index in [0.717, 1.165) is 36.3 Å². The van der Waals surface area contributed by atoms with Gasteiger partial charge in [0.05, 0.1) is 23.4 Å². The van der Waals surface area contributed by atoms with E-state index >= 15 is 0 Å². The summed E-state index contributed by atoms with van der Waals surface area (Å²) in [5.41, 5.74) is 0.292. The monoisotopic (exact) mass is 448 g/mol. The predicted octanol–water partition coefficient (Wildman–Crippen LogP) is 4.46. The maximum atomic E-state index is 14.4. The van der Waals surface area contributed by atoms with Crippen molar-refractivity contribution in [2.45, 2.75) is 33.2 Å². The minimum atomic E-state index is -0.849. The van der Waals surface area contributed by atoms with Crippen molar-refractivity contribution in [3.8, 4) is 5.75 Å². The number of ether oxygens (including phenoxy) is 2. The average Bonchev–Trinajstić information content (AvgIpc) is 3.05. The molecule has 31 heavy (non-hydrogen) atoms. The molecule has 1 amide bonds. The minimum Gasteiger partial charge on any atom is -0.494 e. The fraction of sp³-hybridized carbons (Fsp3) is 0.318. The lowest BCUT2D eigenvalue weighted by Crippen LogP contribution is -2.23. The van der Waals surface area contributed by atoms with Gasteiger partial charge < -0.3 is 14.0 Å². The standard InChI is InChI=1S/C22H22F2N2O4S/c1-3-5-10-30-16-8-6-14(7-9-16)21(28)25-22-26(13-19(27)29-4-2)20-17(24)11-15(23)12-18(20)31-22/h6-9,11-12H,3-5,10,13H2,1-2H3. The summed E-state index contributed by atoms with van der Waals surface area (Å²) in [6, 6.07) is 8.36. The number of carbonyl (C=O) groups excluding carboxylic acids is 2. The molecule has 0 radical (unpaired) electrons.